The van der Waals surface area contributed by atoms with Crippen LogP contribution in [0.5, 0.6) is 0 Å². The maximum atomic E-state index is 11.2. The molecule has 0 saturated heterocycles. The Morgan fingerprint density at radius 3 is 2.52 bits per heavy atom. The van der Waals surface area contributed by atoms with Gasteiger partial charge < -0.3 is 19.5 Å². The number of methoxy groups -OCH3 is 1. The van der Waals surface area contributed by atoms with Crippen LogP contribution in [0.15, 0.2) is 40.0 Å². The van der Waals surface area contributed by atoms with Crippen LogP contribution >= 0.6 is 0 Å². The molecule has 0 spiro atoms. The number of carbonyl (C=O) groups is 1. The monoisotopic (exact) mass is 437 g/mol. The van der Waals surface area contributed by atoms with Crippen molar-refractivity contribution in [3.05, 3.63) is 57.4 Å². The van der Waals surface area contributed by atoms with Gasteiger partial charge in [-0.25, -0.2) is 13.2 Å². The Morgan fingerprint density at radius 2 is 2.00 bits per heavy atom. The van der Waals surface area contributed by atoms with E-state index in [4.69, 9.17) is 5.14 Å². The number of allylic oxidation sites excluding steroid dienone is 1. The number of hydrogen-bond acceptors (Lipinski definition) is 6. The first-order chi connectivity index (χ1) is 12.3. The van der Waals surface area contributed by atoms with Gasteiger partial charge in [0, 0.05) is 0 Å². The molecule has 0 bridgehead atoms. The summed E-state index contributed by atoms with van der Waals surface area (Å²) in [6.07, 6.45) is 5.84. The SMILES string of the molecule is C/C=C\c1n[n-]c(=O)n1C1CC1.COC(=O)c1ccccc1S([NH-])(=O)=O.[Co+2]. The number of nitrogens with one attached hydrogen (secondary N) is 1. The van der Waals surface area contributed by atoms with E-state index in [1.54, 1.807) is 4.57 Å². The Morgan fingerprint density at radius 1 is 1.37 bits per heavy atom. The average molecular weight is 437 g/mol. The minimum Gasteiger partial charge on any atom is -0.560 e. The normalized spacial score (nSPS) is 13.4. The maximum absolute atomic E-state index is 11.2. The Kier molecular flexibility index (Phi) is 8.15. The minimum absolute atomic E-state index is 0. The second-order valence-corrected chi connectivity index (χ2v) is 6.88. The Bertz CT molecular complexity index is 977. The number of esters is 1. The van der Waals surface area contributed by atoms with Crippen LogP contribution in [-0.4, -0.2) is 31.2 Å². The van der Waals surface area contributed by atoms with Crippen molar-refractivity contribution >= 4 is 22.1 Å². The summed E-state index contributed by atoms with van der Waals surface area (Å²) in [4.78, 5) is 21.9. The van der Waals surface area contributed by atoms with Gasteiger partial charge in [-0.15, -0.1) is 0 Å². The molecule has 0 unspecified atom stereocenters. The van der Waals surface area contributed by atoms with Crippen molar-refractivity contribution in [1.82, 2.24) is 14.8 Å². The summed E-state index contributed by atoms with van der Waals surface area (Å²) in [5, 5.41) is 14.1. The molecule has 9 nitrogen and oxygen atoms in total. The number of benzene rings is 1. The second-order valence-electron chi connectivity index (χ2n) is 5.43. The molecule has 3 rings (SSSR count). The number of ether oxygens (including phenoxy) is 1. The van der Waals surface area contributed by atoms with Crippen molar-refractivity contribution in [1.29, 1.82) is 0 Å². The van der Waals surface area contributed by atoms with Crippen LogP contribution in [0.4, 0.5) is 0 Å². The molecular formula is C16H18CoN4O5S. The Balaban J connectivity index is 0.000000262. The van der Waals surface area contributed by atoms with Crippen LogP contribution in [0.3, 0.4) is 0 Å². The quantitative estimate of drug-likeness (QED) is 0.666. The van der Waals surface area contributed by atoms with Gasteiger partial charge in [0.2, 0.25) is 0 Å². The second kappa shape index (κ2) is 9.64. The predicted octanol–water partition coefficient (Wildman–Crippen LogP) is 1.78. The van der Waals surface area contributed by atoms with Gasteiger partial charge in [0.05, 0.1) is 33.4 Å². The van der Waals surface area contributed by atoms with Crippen LogP contribution < -0.4 is 10.8 Å². The van der Waals surface area contributed by atoms with Crippen molar-refractivity contribution in [3.8, 4) is 0 Å². The van der Waals surface area contributed by atoms with E-state index < -0.39 is 16.0 Å². The molecule has 1 aromatic heterocycles. The summed E-state index contributed by atoms with van der Waals surface area (Å²) in [5.41, 5.74) is -0.337. The Labute approximate surface area is 166 Å². The molecule has 0 aliphatic heterocycles. The molecule has 2 aromatic rings. The van der Waals surface area contributed by atoms with E-state index in [2.05, 4.69) is 14.9 Å². The fraction of sp³-hybridized carbons (Fsp3) is 0.312. The molecule has 0 atom stereocenters. The third-order valence-electron chi connectivity index (χ3n) is 3.50. The summed E-state index contributed by atoms with van der Waals surface area (Å²) >= 11 is 0. The van der Waals surface area contributed by atoms with E-state index in [0.29, 0.717) is 11.9 Å². The summed E-state index contributed by atoms with van der Waals surface area (Å²) < 4.78 is 27.9. The smallest absolute Gasteiger partial charge is 0.560 e. The molecule has 1 N–H and O–H groups in total. The molecular weight excluding hydrogens is 419 g/mol. The summed E-state index contributed by atoms with van der Waals surface area (Å²) in [6, 6.07) is 5.79. The molecule has 0 amide bonds. The molecule has 1 aliphatic rings. The van der Waals surface area contributed by atoms with Gasteiger partial charge in [-0.05, 0) is 31.2 Å². The van der Waals surface area contributed by atoms with Gasteiger partial charge in [0.25, 0.3) is 0 Å². The topological polar surface area (TPSA) is 133 Å². The van der Waals surface area contributed by atoms with Crippen LogP contribution in [0.25, 0.3) is 11.2 Å². The first-order valence-corrected chi connectivity index (χ1v) is 9.19. The fourth-order valence-corrected chi connectivity index (χ4v) is 2.91. The fourth-order valence-electron chi connectivity index (χ4n) is 2.21. The average Bonchev–Trinajstić information content (AvgIpc) is 3.38. The van der Waals surface area contributed by atoms with E-state index in [1.807, 2.05) is 19.1 Å². The van der Waals surface area contributed by atoms with Gasteiger partial charge in [-0.2, -0.15) is 0 Å². The molecule has 1 fully saturated rings. The number of sulfonamides is 1. The third kappa shape index (κ3) is 5.89. The predicted molar refractivity (Wildman–Crippen MR) is 94.1 cm³/mol. The van der Waals surface area contributed by atoms with E-state index in [0.717, 1.165) is 20.0 Å². The summed E-state index contributed by atoms with van der Waals surface area (Å²) in [5.74, 6) is -0.0820. The number of hydrogen-bond donors (Lipinski definition) is 0. The largest absolute Gasteiger partial charge is 2.00 e. The first kappa shape index (κ1) is 22.8. The van der Waals surface area contributed by atoms with Gasteiger partial charge in [0.15, 0.2) is 5.69 Å². The maximum Gasteiger partial charge on any atom is 2.00 e. The number of carbonyl (C=O) groups excluding carboxylic acids is 1. The van der Waals surface area contributed by atoms with Gasteiger partial charge >= 0.3 is 22.7 Å². The van der Waals surface area contributed by atoms with Crippen LogP contribution in [-0.2, 0) is 31.5 Å². The van der Waals surface area contributed by atoms with Crippen molar-refractivity contribution < 1.29 is 34.7 Å². The zero-order chi connectivity index (χ0) is 19.3. The van der Waals surface area contributed by atoms with Crippen LogP contribution in [0.2, 0.25) is 0 Å². The Hall–Kier alpha value is -2.21. The molecule has 11 heteroatoms. The first-order valence-electron chi connectivity index (χ1n) is 7.71. The van der Waals surface area contributed by atoms with E-state index in [1.165, 1.54) is 24.3 Å². The molecule has 1 aliphatic carbocycles. The number of rotatable bonds is 4. The van der Waals surface area contributed by atoms with Gasteiger partial charge in [0.1, 0.15) is 0 Å². The molecule has 1 heterocycles. The summed E-state index contributed by atoms with van der Waals surface area (Å²) in [6.45, 7) is 1.90. The molecule has 1 saturated carbocycles. The molecule has 1 aromatic carbocycles. The zero-order valence-electron chi connectivity index (χ0n) is 14.6. The van der Waals surface area contributed by atoms with E-state index >= 15 is 0 Å². The van der Waals surface area contributed by atoms with Crippen molar-refractivity contribution in [2.75, 3.05) is 7.11 Å². The molecule has 1 radical (unpaired) electrons. The molecule has 27 heavy (non-hydrogen) atoms. The zero-order valence-corrected chi connectivity index (χ0v) is 16.4. The standard InChI is InChI=1S/C8H11N3O.C8H8NO4S.Co/c1-2-3-7-9-10-8(12)11(7)6-4-5-6;1-13-8(10)6-4-2-3-5-7(6)14(9,11)12;/h2-3,6H,4-5H2,1H3,(H,10,12);2-5H,1H3,(H-,9,11,12);/q;-1;+2/p-1/b3-2-;;. The number of aromatic nitrogens is 3. The van der Waals surface area contributed by atoms with Gasteiger partial charge in [-0.3, -0.25) is 9.89 Å². The van der Waals surface area contributed by atoms with E-state index in [9.17, 15) is 18.0 Å². The van der Waals surface area contributed by atoms with Crippen LogP contribution in [0, 0.1) is 0 Å². The van der Waals surface area contributed by atoms with Crippen LogP contribution in [0.1, 0.15) is 42.0 Å². The van der Waals surface area contributed by atoms with Crippen molar-refractivity contribution in [2.24, 2.45) is 0 Å². The third-order valence-corrected chi connectivity index (χ3v) is 4.44. The van der Waals surface area contributed by atoms with Crippen molar-refractivity contribution in [3.63, 3.8) is 0 Å². The van der Waals surface area contributed by atoms with Crippen molar-refractivity contribution in [2.45, 2.75) is 30.7 Å². The minimum atomic E-state index is -4.14. The van der Waals surface area contributed by atoms with E-state index in [-0.39, 0.29) is 32.9 Å². The van der Waals surface area contributed by atoms with Gasteiger partial charge in [-0.1, -0.05) is 31.1 Å². The number of nitrogens with zero attached hydrogens (tertiary/aromatic N) is 3. The summed E-state index contributed by atoms with van der Waals surface area (Å²) in [7, 11) is -2.99. The molecule has 147 valence electrons.